The third-order valence-electron chi connectivity index (χ3n) is 3.79. The van der Waals surface area contributed by atoms with Crippen LogP contribution < -0.4 is 5.32 Å². The number of hydrogen-bond donors (Lipinski definition) is 1. The number of aryl methyl sites for hydroxylation is 1. The van der Waals surface area contributed by atoms with Crippen molar-refractivity contribution >= 4 is 11.3 Å². The highest BCUT2D eigenvalue weighted by atomic mass is 32.1. The molecule has 0 bridgehead atoms. The first-order chi connectivity index (χ1) is 8.24. The zero-order valence-corrected chi connectivity index (χ0v) is 11.8. The molecule has 0 saturated heterocycles. The average Bonchev–Trinajstić information content (AvgIpc) is 2.68. The fourth-order valence-electron chi connectivity index (χ4n) is 2.73. The van der Waals surface area contributed by atoms with Crippen molar-refractivity contribution in [1.29, 1.82) is 0 Å². The lowest BCUT2D eigenvalue weighted by atomic mass is 9.77. The summed E-state index contributed by atoms with van der Waals surface area (Å²) in [7, 11) is 2.07. The van der Waals surface area contributed by atoms with Crippen molar-refractivity contribution in [2.45, 2.75) is 45.3 Å². The summed E-state index contributed by atoms with van der Waals surface area (Å²) in [6.45, 7) is 5.16. The van der Waals surface area contributed by atoms with Gasteiger partial charge in [0.15, 0.2) is 0 Å². The minimum Gasteiger partial charge on any atom is -0.378 e. The van der Waals surface area contributed by atoms with Crippen molar-refractivity contribution in [3.05, 3.63) is 21.9 Å². The number of rotatable bonds is 6. The molecule has 1 aromatic heterocycles. The van der Waals surface area contributed by atoms with E-state index in [4.69, 9.17) is 4.74 Å². The Kier molecular flexibility index (Phi) is 4.60. The molecular formula is C14H23NOS. The first kappa shape index (κ1) is 13.1. The van der Waals surface area contributed by atoms with E-state index in [1.165, 1.54) is 29.7 Å². The van der Waals surface area contributed by atoms with Gasteiger partial charge in [-0.1, -0.05) is 0 Å². The maximum Gasteiger partial charge on any atom is 0.0580 e. The van der Waals surface area contributed by atoms with Crippen LogP contribution in [-0.4, -0.2) is 19.8 Å². The molecular weight excluding hydrogens is 230 g/mol. The van der Waals surface area contributed by atoms with E-state index in [1.54, 1.807) is 0 Å². The molecule has 1 aromatic rings. The highest BCUT2D eigenvalue weighted by Gasteiger charge is 2.31. The Balaban J connectivity index is 1.84. The van der Waals surface area contributed by atoms with E-state index >= 15 is 0 Å². The summed E-state index contributed by atoms with van der Waals surface area (Å²) in [6, 6.07) is 2.79. The number of thiophene rings is 1. The first-order valence-electron chi connectivity index (χ1n) is 6.57. The van der Waals surface area contributed by atoms with Crippen molar-refractivity contribution in [2.75, 3.05) is 13.7 Å². The smallest absolute Gasteiger partial charge is 0.0580 e. The van der Waals surface area contributed by atoms with Crippen LogP contribution in [0.3, 0.4) is 0 Å². The van der Waals surface area contributed by atoms with Gasteiger partial charge in [0.05, 0.1) is 6.10 Å². The Morgan fingerprint density at radius 3 is 2.82 bits per heavy atom. The highest BCUT2D eigenvalue weighted by molar-refractivity contribution is 7.10. The van der Waals surface area contributed by atoms with Crippen molar-refractivity contribution in [3.63, 3.8) is 0 Å². The van der Waals surface area contributed by atoms with E-state index in [1.807, 2.05) is 11.3 Å². The van der Waals surface area contributed by atoms with E-state index < -0.39 is 0 Å². The van der Waals surface area contributed by atoms with Crippen LogP contribution in [0.2, 0.25) is 0 Å². The van der Waals surface area contributed by atoms with E-state index in [2.05, 4.69) is 37.7 Å². The molecule has 0 radical (unpaired) electrons. The summed E-state index contributed by atoms with van der Waals surface area (Å²) in [4.78, 5) is 1.45. The molecule has 0 spiro atoms. The average molecular weight is 253 g/mol. The van der Waals surface area contributed by atoms with Gasteiger partial charge in [0.2, 0.25) is 0 Å². The van der Waals surface area contributed by atoms with Crippen LogP contribution in [0.15, 0.2) is 11.4 Å². The molecule has 96 valence electrons. The SMILES string of the molecule is CCOC1CC(CC(NC)c2ccsc2C)C1. The summed E-state index contributed by atoms with van der Waals surface area (Å²) >= 11 is 1.84. The van der Waals surface area contributed by atoms with Gasteiger partial charge in [0.1, 0.15) is 0 Å². The maximum atomic E-state index is 5.62. The largest absolute Gasteiger partial charge is 0.378 e. The number of ether oxygens (including phenoxy) is 1. The molecule has 3 heteroatoms. The predicted molar refractivity (Wildman–Crippen MR) is 73.6 cm³/mol. The molecule has 1 N–H and O–H groups in total. The Labute approximate surface area is 108 Å². The molecule has 2 nitrogen and oxygen atoms in total. The van der Waals surface area contributed by atoms with Crippen LogP contribution >= 0.6 is 11.3 Å². The van der Waals surface area contributed by atoms with Crippen LogP contribution in [0, 0.1) is 12.8 Å². The maximum absolute atomic E-state index is 5.62. The second-order valence-electron chi connectivity index (χ2n) is 4.92. The minimum absolute atomic E-state index is 0.522. The van der Waals surface area contributed by atoms with Gasteiger partial charge in [-0.3, -0.25) is 0 Å². The van der Waals surface area contributed by atoms with Crippen molar-refractivity contribution in [2.24, 2.45) is 5.92 Å². The molecule has 1 aliphatic carbocycles. The van der Waals surface area contributed by atoms with E-state index in [0.29, 0.717) is 12.1 Å². The third-order valence-corrected chi connectivity index (χ3v) is 4.65. The topological polar surface area (TPSA) is 21.3 Å². The Bertz CT molecular complexity index is 344. The molecule has 0 amide bonds. The summed E-state index contributed by atoms with van der Waals surface area (Å²) < 4.78 is 5.62. The fraction of sp³-hybridized carbons (Fsp3) is 0.714. The first-order valence-corrected chi connectivity index (χ1v) is 7.45. The Morgan fingerprint density at radius 2 is 2.29 bits per heavy atom. The quantitative estimate of drug-likeness (QED) is 0.837. The molecule has 1 saturated carbocycles. The fourth-order valence-corrected chi connectivity index (χ4v) is 3.49. The zero-order valence-electron chi connectivity index (χ0n) is 11.0. The monoisotopic (exact) mass is 253 g/mol. The summed E-state index contributed by atoms with van der Waals surface area (Å²) in [6.07, 6.45) is 4.27. The van der Waals surface area contributed by atoms with Gasteiger partial charge < -0.3 is 10.1 Å². The van der Waals surface area contributed by atoms with E-state index in [0.717, 1.165) is 12.5 Å². The van der Waals surface area contributed by atoms with Gasteiger partial charge in [0, 0.05) is 17.5 Å². The Morgan fingerprint density at radius 1 is 1.53 bits per heavy atom. The van der Waals surface area contributed by atoms with Crippen molar-refractivity contribution in [1.82, 2.24) is 5.32 Å². The number of hydrogen-bond acceptors (Lipinski definition) is 3. The predicted octanol–water partition coefficient (Wildman–Crippen LogP) is 3.52. The molecule has 1 fully saturated rings. The molecule has 1 heterocycles. The lowest BCUT2D eigenvalue weighted by Gasteiger charge is -2.37. The van der Waals surface area contributed by atoms with Gasteiger partial charge >= 0.3 is 0 Å². The molecule has 1 atom stereocenters. The summed E-state index contributed by atoms with van der Waals surface area (Å²) in [5.74, 6) is 0.836. The zero-order chi connectivity index (χ0) is 12.3. The van der Waals surface area contributed by atoms with Crippen LogP contribution in [0.4, 0.5) is 0 Å². The molecule has 1 aliphatic rings. The molecule has 17 heavy (non-hydrogen) atoms. The van der Waals surface area contributed by atoms with Gasteiger partial charge in [-0.2, -0.15) is 0 Å². The van der Waals surface area contributed by atoms with E-state index in [-0.39, 0.29) is 0 Å². The van der Waals surface area contributed by atoms with Gasteiger partial charge in [-0.15, -0.1) is 11.3 Å². The lowest BCUT2D eigenvalue weighted by Crippen LogP contribution is -2.34. The Hall–Kier alpha value is -0.380. The van der Waals surface area contributed by atoms with Gasteiger partial charge in [-0.05, 0) is 63.1 Å². The lowest BCUT2D eigenvalue weighted by molar-refractivity contribution is -0.0289. The third kappa shape index (κ3) is 3.09. The van der Waals surface area contributed by atoms with Crippen LogP contribution in [0.25, 0.3) is 0 Å². The van der Waals surface area contributed by atoms with Crippen LogP contribution in [-0.2, 0) is 4.74 Å². The highest BCUT2D eigenvalue weighted by Crippen LogP contribution is 2.38. The minimum atomic E-state index is 0.522. The molecule has 0 aliphatic heterocycles. The van der Waals surface area contributed by atoms with Gasteiger partial charge in [0.25, 0.3) is 0 Å². The second-order valence-corrected chi connectivity index (χ2v) is 6.04. The summed E-state index contributed by atoms with van der Waals surface area (Å²) in [5, 5.41) is 5.65. The van der Waals surface area contributed by atoms with Gasteiger partial charge in [-0.25, -0.2) is 0 Å². The van der Waals surface area contributed by atoms with Crippen molar-refractivity contribution < 1.29 is 4.74 Å². The van der Waals surface area contributed by atoms with Crippen LogP contribution in [0.5, 0.6) is 0 Å². The van der Waals surface area contributed by atoms with Crippen LogP contribution in [0.1, 0.15) is 42.7 Å². The van der Waals surface area contributed by atoms with Crippen molar-refractivity contribution in [3.8, 4) is 0 Å². The van der Waals surface area contributed by atoms with E-state index in [9.17, 15) is 0 Å². The summed E-state index contributed by atoms with van der Waals surface area (Å²) in [5.41, 5.74) is 1.48. The molecule has 0 aromatic carbocycles. The molecule has 1 unspecified atom stereocenters. The second kappa shape index (κ2) is 5.98. The normalized spacial score (nSPS) is 25.6. The number of nitrogens with one attached hydrogen (secondary N) is 1. The standard InChI is InChI=1S/C14H23NOS/c1-4-16-12-7-11(8-12)9-14(15-3)13-5-6-17-10(13)2/h5-6,11-12,14-15H,4,7-9H2,1-3H3. The molecule has 2 rings (SSSR count).